The molecule has 0 aromatic carbocycles. The summed E-state index contributed by atoms with van der Waals surface area (Å²) in [5.74, 6) is 1.64. The maximum atomic E-state index is 12.0. The number of ketones is 1. The van der Waals surface area contributed by atoms with Crippen LogP contribution in [0.2, 0.25) is 0 Å². The molecule has 0 heterocycles. The normalized spacial score (nSPS) is 51.7. The third kappa shape index (κ3) is 2.26. The van der Waals surface area contributed by atoms with Gasteiger partial charge in [-0.3, -0.25) is 4.79 Å². The molecule has 2 N–H and O–H groups in total. The Morgan fingerprint density at radius 2 is 1.67 bits per heavy atom. The summed E-state index contributed by atoms with van der Waals surface area (Å²) in [5.41, 5.74) is 0.422. The Morgan fingerprint density at radius 1 is 0.958 bits per heavy atom. The first kappa shape index (κ1) is 17.0. The van der Waals surface area contributed by atoms with Crippen LogP contribution in [0.1, 0.15) is 78.6 Å². The van der Waals surface area contributed by atoms with Gasteiger partial charge in [-0.25, -0.2) is 0 Å². The number of carbonyl (C=O) groups excluding carboxylic acids is 1. The third-order valence-corrected chi connectivity index (χ3v) is 9.14. The molecule has 0 aliphatic heterocycles. The standard InChI is InChI=1S/C21H34O3/c1-19-10-8-14(22)12-13(19)4-5-15-16-6-7-18(21(3,23)24)20(16,2)11-9-17(15)19/h13,15-18,23-24H,4-12H2,1-3H3/t13-,15+,16+,17+,18+,19+,20+/m1/s1. The number of hydrogen-bond donors (Lipinski definition) is 2. The summed E-state index contributed by atoms with van der Waals surface area (Å²) in [4.78, 5) is 12.0. The minimum Gasteiger partial charge on any atom is -0.366 e. The lowest BCUT2D eigenvalue weighted by Crippen LogP contribution is -2.55. The summed E-state index contributed by atoms with van der Waals surface area (Å²) < 4.78 is 0. The van der Waals surface area contributed by atoms with E-state index in [2.05, 4.69) is 13.8 Å². The molecule has 0 bridgehead atoms. The van der Waals surface area contributed by atoms with Gasteiger partial charge in [-0.15, -0.1) is 0 Å². The minimum absolute atomic E-state index is 0.00872. The van der Waals surface area contributed by atoms with Crippen molar-refractivity contribution in [1.29, 1.82) is 0 Å². The Balaban J connectivity index is 1.62. The molecule has 4 rings (SSSR count). The van der Waals surface area contributed by atoms with Gasteiger partial charge in [-0.1, -0.05) is 13.8 Å². The zero-order valence-corrected chi connectivity index (χ0v) is 15.6. The molecule has 4 aliphatic rings. The minimum atomic E-state index is -1.55. The van der Waals surface area contributed by atoms with Gasteiger partial charge in [-0.05, 0) is 86.4 Å². The average Bonchev–Trinajstić information content (AvgIpc) is 2.85. The number of hydrogen-bond acceptors (Lipinski definition) is 3. The molecule has 4 aliphatic carbocycles. The van der Waals surface area contributed by atoms with Crippen molar-refractivity contribution in [2.24, 2.45) is 40.4 Å². The topological polar surface area (TPSA) is 57.5 Å². The average molecular weight is 335 g/mol. The van der Waals surface area contributed by atoms with Crippen LogP contribution >= 0.6 is 0 Å². The van der Waals surface area contributed by atoms with Crippen LogP contribution in [0.25, 0.3) is 0 Å². The van der Waals surface area contributed by atoms with Crippen LogP contribution in [0.5, 0.6) is 0 Å². The Bertz CT molecular complexity index is 536. The van der Waals surface area contributed by atoms with E-state index in [-0.39, 0.29) is 11.3 Å². The van der Waals surface area contributed by atoms with Crippen LogP contribution in [0.3, 0.4) is 0 Å². The third-order valence-electron chi connectivity index (χ3n) is 9.14. The fourth-order valence-electron chi connectivity index (χ4n) is 7.94. The van der Waals surface area contributed by atoms with Gasteiger partial charge in [-0.2, -0.15) is 0 Å². The summed E-state index contributed by atoms with van der Waals surface area (Å²) in [6, 6.07) is 0. The van der Waals surface area contributed by atoms with Crippen LogP contribution < -0.4 is 0 Å². The molecule has 0 aromatic rings. The first-order valence-corrected chi connectivity index (χ1v) is 10.1. The second-order valence-corrected chi connectivity index (χ2v) is 10.2. The molecule has 4 saturated carbocycles. The molecule has 3 nitrogen and oxygen atoms in total. The zero-order valence-electron chi connectivity index (χ0n) is 15.6. The smallest absolute Gasteiger partial charge is 0.163 e. The van der Waals surface area contributed by atoms with Gasteiger partial charge < -0.3 is 10.2 Å². The van der Waals surface area contributed by atoms with E-state index in [0.29, 0.717) is 23.0 Å². The van der Waals surface area contributed by atoms with E-state index in [1.165, 1.54) is 19.3 Å². The Labute approximate surface area is 146 Å². The van der Waals surface area contributed by atoms with Gasteiger partial charge in [0, 0.05) is 18.8 Å². The van der Waals surface area contributed by atoms with E-state index in [4.69, 9.17) is 0 Å². The number of fused-ring (bicyclic) bond motifs is 5. The molecule has 24 heavy (non-hydrogen) atoms. The molecule has 0 aromatic heterocycles. The van der Waals surface area contributed by atoms with E-state index in [1.54, 1.807) is 6.92 Å². The molecule has 3 heteroatoms. The van der Waals surface area contributed by atoms with Crippen molar-refractivity contribution in [2.75, 3.05) is 0 Å². The molecule has 136 valence electrons. The lowest BCUT2D eigenvalue weighted by molar-refractivity contribution is -0.221. The summed E-state index contributed by atoms with van der Waals surface area (Å²) in [7, 11) is 0. The van der Waals surface area contributed by atoms with Gasteiger partial charge in [0.1, 0.15) is 5.78 Å². The fraction of sp³-hybridized carbons (Fsp3) is 0.952. The monoisotopic (exact) mass is 334 g/mol. The maximum Gasteiger partial charge on any atom is 0.163 e. The van der Waals surface area contributed by atoms with Crippen molar-refractivity contribution < 1.29 is 15.0 Å². The molecule has 0 amide bonds. The van der Waals surface area contributed by atoms with Gasteiger partial charge in [0.2, 0.25) is 0 Å². The van der Waals surface area contributed by atoms with Crippen LogP contribution in [-0.2, 0) is 4.79 Å². The van der Waals surface area contributed by atoms with Gasteiger partial charge >= 0.3 is 0 Å². The van der Waals surface area contributed by atoms with Gasteiger partial charge in [0.25, 0.3) is 0 Å². The lowest BCUT2D eigenvalue weighted by atomic mass is 9.44. The molecule has 0 radical (unpaired) electrons. The molecule has 0 saturated heterocycles. The van der Waals surface area contributed by atoms with Crippen molar-refractivity contribution in [3.05, 3.63) is 0 Å². The highest BCUT2D eigenvalue weighted by atomic mass is 16.5. The predicted molar refractivity (Wildman–Crippen MR) is 93.1 cm³/mol. The van der Waals surface area contributed by atoms with Crippen LogP contribution in [0.15, 0.2) is 0 Å². The summed E-state index contributed by atoms with van der Waals surface area (Å²) in [6.07, 6.45) is 9.58. The van der Waals surface area contributed by atoms with Crippen LogP contribution in [0.4, 0.5) is 0 Å². The number of aliphatic hydroxyl groups is 2. The fourth-order valence-corrected chi connectivity index (χ4v) is 7.94. The predicted octanol–water partition coefficient (Wildman–Crippen LogP) is 3.92. The molecule has 4 fully saturated rings. The molecule has 7 atom stereocenters. The summed E-state index contributed by atoms with van der Waals surface area (Å²) >= 11 is 0. The van der Waals surface area contributed by atoms with Crippen LogP contribution in [-0.4, -0.2) is 21.8 Å². The summed E-state index contributed by atoms with van der Waals surface area (Å²) in [5, 5.41) is 20.6. The number of Topliss-reactive ketones (excluding diaryl/α,β-unsaturated/α-hetero) is 1. The van der Waals surface area contributed by atoms with Crippen LogP contribution in [0, 0.1) is 40.4 Å². The highest BCUT2D eigenvalue weighted by Crippen LogP contribution is 2.68. The molecule has 0 spiro atoms. The second kappa shape index (κ2) is 5.30. The van der Waals surface area contributed by atoms with Crippen molar-refractivity contribution in [3.8, 4) is 0 Å². The highest BCUT2D eigenvalue weighted by molar-refractivity contribution is 5.79. The molecule has 0 unspecified atom stereocenters. The Hall–Kier alpha value is -0.410. The Morgan fingerprint density at radius 3 is 2.38 bits per heavy atom. The maximum absolute atomic E-state index is 12.0. The Kier molecular flexibility index (Phi) is 3.76. The zero-order chi connectivity index (χ0) is 17.3. The summed E-state index contributed by atoms with van der Waals surface area (Å²) in [6.45, 7) is 6.38. The first-order chi connectivity index (χ1) is 11.2. The highest BCUT2D eigenvalue weighted by Gasteiger charge is 2.62. The van der Waals surface area contributed by atoms with E-state index in [9.17, 15) is 15.0 Å². The van der Waals surface area contributed by atoms with E-state index in [0.717, 1.165) is 50.4 Å². The van der Waals surface area contributed by atoms with Crippen molar-refractivity contribution in [2.45, 2.75) is 84.3 Å². The molecular formula is C21H34O3. The SMILES string of the molecule is CC(O)(O)[C@H]1CC[C@H]2[C@@H]3CC[C@@H]4CC(=O)CC[C@]4(C)[C@H]3CC[C@]12C. The van der Waals surface area contributed by atoms with Crippen molar-refractivity contribution >= 4 is 5.78 Å². The van der Waals surface area contributed by atoms with Gasteiger partial charge in [0.15, 0.2) is 5.79 Å². The van der Waals surface area contributed by atoms with E-state index >= 15 is 0 Å². The van der Waals surface area contributed by atoms with E-state index in [1.807, 2.05) is 0 Å². The van der Waals surface area contributed by atoms with E-state index < -0.39 is 5.79 Å². The second-order valence-electron chi connectivity index (χ2n) is 10.2. The number of rotatable bonds is 1. The number of carbonyl (C=O) groups is 1. The molecular weight excluding hydrogens is 300 g/mol. The van der Waals surface area contributed by atoms with Crippen molar-refractivity contribution in [1.82, 2.24) is 0 Å². The first-order valence-electron chi connectivity index (χ1n) is 10.1. The quantitative estimate of drug-likeness (QED) is 0.715. The largest absolute Gasteiger partial charge is 0.366 e. The van der Waals surface area contributed by atoms with Gasteiger partial charge in [0.05, 0.1) is 0 Å². The van der Waals surface area contributed by atoms with Crippen molar-refractivity contribution in [3.63, 3.8) is 0 Å². The lowest BCUT2D eigenvalue weighted by Gasteiger charge is -2.60.